The van der Waals surface area contributed by atoms with Crippen LogP contribution in [0.15, 0.2) is 73.2 Å². The van der Waals surface area contributed by atoms with Gasteiger partial charge < -0.3 is 19.5 Å². The van der Waals surface area contributed by atoms with Gasteiger partial charge in [0.1, 0.15) is 22.9 Å². The lowest BCUT2D eigenvalue weighted by Gasteiger charge is -2.29. The number of nitrogens with zero attached hydrogens (tertiary/aromatic N) is 4. The summed E-state index contributed by atoms with van der Waals surface area (Å²) in [5, 5.41) is 6.99. The average Bonchev–Trinajstić information content (AvgIpc) is 3.50. The highest BCUT2D eigenvalue weighted by Gasteiger charge is 2.22. The number of amides is 1. The Morgan fingerprint density at radius 1 is 0.939 bits per heavy atom. The van der Waals surface area contributed by atoms with Crippen LogP contribution in [0.5, 0.6) is 0 Å². The number of anilines is 2. The predicted molar refractivity (Wildman–Crippen MR) is 120 cm³/mol. The molecule has 1 fully saturated rings. The van der Waals surface area contributed by atoms with Gasteiger partial charge in [-0.2, -0.15) is 5.10 Å². The SMILES string of the molecule is O=C(Nc1ccc(N2CCOCC2)c(F)c1)c1cnn(-c2ccccc2F)c1-n1cccc1. The second-order valence-corrected chi connectivity index (χ2v) is 7.56. The van der Waals surface area contributed by atoms with Crippen molar-refractivity contribution in [2.75, 3.05) is 36.5 Å². The maximum atomic E-state index is 14.8. The third kappa shape index (κ3) is 4.10. The molecule has 0 unspecified atom stereocenters. The van der Waals surface area contributed by atoms with Crippen molar-refractivity contribution in [3.8, 4) is 11.5 Å². The van der Waals surface area contributed by atoms with Gasteiger partial charge in [0, 0.05) is 31.2 Å². The Kier molecular flexibility index (Phi) is 5.62. The standard InChI is InChI=1S/C24H21F2N5O2/c25-19-5-1-2-6-22(19)31-24(30-9-3-4-10-30)18(16-27-31)23(32)28-17-7-8-21(20(26)15-17)29-11-13-33-14-12-29/h1-10,15-16H,11-14H2,(H,28,32). The summed E-state index contributed by atoms with van der Waals surface area (Å²) in [6.07, 6.45) is 4.85. The summed E-state index contributed by atoms with van der Waals surface area (Å²) in [7, 11) is 0. The summed E-state index contributed by atoms with van der Waals surface area (Å²) >= 11 is 0. The molecule has 1 saturated heterocycles. The molecule has 3 heterocycles. The number of para-hydroxylation sites is 1. The van der Waals surface area contributed by atoms with E-state index in [1.165, 1.54) is 23.0 Å². The number of carbonyl (C=O) groups excluding carboxylic acids is 1. The minimum Gasteiger partial charge on any atom is -0.378 e. The molecule has 0 radical (unpaired) electrons. The number of ether oxygens (including phenoxy) is 1. The Balaban J connectivity index is 1.46. The van der Waals surface area contributed by atoms with E-state index in [9.17, 15) is 13.6 Å². The van der Waals surface area contributed by atoms with Crippen molar-refractivity contribution in [1.29, 1.82) is 0 Å². The summed E-state index contributed by atoms with van der Waals surface area (Å²) in [6, 6.07) is 14.4. The summed E-state index contributed by atoms with van der Waals surface area (Å²) in [5.41, 5.74) is 1.21. The van der Waals surface area contributed by atoms with Crippen LogP contribution >= 0.6 is 0 Å². The highest BCUT2D eigenvalue weighted by molar-refractivity contribution is 6.06. The first-order valence-corrected chi connectivity index (χ1v) is 10.5. The van der Waals surface area contributed by atoms with Crippen molar-refractivity contribution in [2.24, 2.45) is 0 Å². The molecule has 1 amide bonds. The molecule has 4 aromatic rings. The second kappa shape index (κ2) is 8.87. The minimum absolute atomic E-state index is 0.209. The molecular formula is C24H21F2N5O2. The molecule has 0 bridgehead atoms. The average molecular weight is 449 g/mol. The van der Waals surface area contributed by atoms with Gasteiger partial charge >= 0.3 is 0 Å². The van der Waals surface area contributed by atoms with E-state index in [2.05, 4.69) is 10.4 Å². The first-order chi connectivity index (χ1) is 16.1. The highest BCUT2D eigenvalue weighted by Crippen LogP contribution is 2.26. The van der Waals surface area contributed by atoms with Gasteiger partial charge in [-0.05, 0) is 42.5 Å². The number of hydrogen-bond acceptors (Lipinski definition) is 4. The van der Waals surface area contributed by atoms with Crippen LogP contribution in [0.3, 0.4) is 0 Å². The normalized spacial score (nSPS) is 13.8. The van der Waals surface area contributed by atoms with Crippen LogP contribution in [-0.4, -0.2) is 46.6 Å². The van der Waals surface area contributed by atoms with Crippen molar-refractivity contribution in [1.82, 2.24) is 14.3 Å². The van der Waals surface area contributed by atoms with E-state index in [0.717, 1.165) is 0 Å². The molecule has 0 aliphatic carbocycles. The fourth-order valence-electron chi connectivity index (χ4n) is 3.87. The molecule has 1 N–H and O–H groups in total. The first kappa shape index (κ1) is 20.9. The second-order valence-electron chi connectivity index (χ2n) is 7.56. The smallest absolute Gasteiger partial charge is 0.261 e. The maximum Gasteiger partial charge on any atom is 0.261 e. The van der Waals surface area contributed by atoms with E-state index in [0.29, 0.717) is 43.5 Å². The van der Waals surface area contributed by atoms with Crippen molar-refractivity contribution in [3.63, 3.8) is 0 Å². The number of nitrogens with one attached hydrogen (secondary N) is 1. The molecule has 0 atom stereocenters. The van der Waals surface area contributed by atoms with E-state index in [-0.39, 0.29) is 11.3 Å². The number of hydrogen-bond donors (Lipinski definition) is 1. The summed E-state index contributed by atoms with van der Waals surface area (Å²) in [4.78, 5) is 15.0. The summed E-state index contributed by atoms with van der Waals surface area (Å²) < 4.78 is 37.6. The van der Waals surface area contributed by atoms with Crippen LogP contribution < -0.4 is 10.2 Å². The molecule has 2 aromatic heterocycles. The lowest BCUT2D eigenvalue weighted by atomic mass is 10.2. The number of benzene rings is 2. The molecule has 1 aliphatic heterocycles. The Morgan fingerprint density at radius 2 is 1.70 bits per heavy atom. The third-order valence-corrected chi connectivity index (χ3v) is 5.48. The molecule has 0 spiro atoms. The summed E-state index contributed by atoms with van der Waals surface area (Å²) in [5.74, 6) is -1.02. The lowest BCUT2D eigenvalue weighted by molar-refractivity contribution is 0.102. The van der Waals surface area contributed by atoms with Crippen molar-refractivity contribution in [3.05, 3.63) is 90.4 Å². The largest absolute Gasteiger partial charge is 0.378 e. The third-order valence-electron chi connectivity index (χ3n) is 5.48. The van der Waals surface area contributed by atoms with Gasteiger partial charge in [0.15, 0.2) is 5.82 Å². The lowest BCUT2D eigenvalue weighted by Crippen LogP contribution is -2.36. The van der Waals surface area contributed by atoms with Gasteiger partial charge in [-0.25, -0.2) is 13.5 Å². The van der Waals surface area contributed by atoms with Crippen LogP contribution in [0.4, 0.5) is 20.2 Å². The van der Waals surface area contributed by atoms with E-state index >= 15 is 0 Å². The van der Waals surface area contributed by atoms with Crippen LogP contribution in [0, 0.1) is 11.6 Å². The molecule has 168 valence electrons. The molecule has 1 aliphatic rings. The zero-order valence-electron chi connectivity index (χ0n) is 17.6. The fraction of sp³-hybridized carbons (Fsp3) is 0.167. The zero-order chi connectivity index (χ0) is 22.8. The van der Waals surface area contributed by atoms with Crippen molar-refractivity contribution < 1.29 is 18.3 Å². The molecule has 2 aromatic carbocycles. The van der Waals surface area contributed by atoms with Crippen molar-refractivity contribution in [2.45, 2.75) is 0 Å². The maximum absolute atomic E-state index is 14.8. The predicted octanol–water partition coefficient (Wildman–Crippen LogP) is 4.03. The zero-order valence-corrected chi connectivity index (χ0v) is 17.6. The van der Waals surface area contributed by atoms with Gasteiger partial charge in [-0.3, -0.25) is 4.79 Å². The molecule has 7 nitrogen and oxygen atoms in total. The molecule has 33 heavy (non-hydrogen) atoms. The van der Waals surface area contributed by atoms with Crippen LogP contribution in [-0.2, 0) is 4.74 Å². The van der Waals surface area contributed by atoms with Crippen LogP contribution in [0.2, 0.25) is 0 Å². The minimum atomic E-state index is -0.486. The number of rotatable bonds is 5. The molecule has 0 saturated carbocycles. The Morgan fingerprint density at radius 3 is 2.42 bits per heavy atom. The van der Waals surface area contributed by atoms with E-state index in [1.54, 1.807) is 59.4 Å². The number of halogens is 2. The van der Waals surface area contributed by atoms with Gasteiger partial charge in [-0.1, -0.05) is 12.1 Å². The van der Waals surface area contributed by atoms with Crippen LogP contribution in [0.1, 0.15) is 10.4 Å². The number of carbonyl (C=O) groups is 1. The first-order valence-electron chi connectivity index (χ1n) is 10.5. The molecule has 5 rings (SSSR count). The summed E-state index contributed by atoms with van der Waals surface area (Å²) in [6.45, 7) is 2.31. The Labute approximate surface area is 188 Å². The number of morpholine rings is 1. The van der Waals surface area contributed by atoms with Crippen LogP contribution in [0.25, 0.3) is 11.5 Å². The fourth-order valence-corrected chi connectivity index (χ4v) is 3.87. The van der Waals surface area contributed by atoms with E-state index < -0.39 is 17.5 Å². The van der Waals surface area contributed by atoms with E-state index in [4.69, 9.17) is 4.74 Å². The number of aromatic nitrogens is 3. The van der Waals surface area contributed by atoms with Gasteiger partial charge in [0.05, 0.1) is 25.1 Å². The Hall–Kier alpha value is -3.98. The quantitative estimate of drug-likeness (QED) is 0.500. The molecular weight excluding hydrogens is 428 g/mol. The highest BCUT2D eigenvalue weighted by atomic mass is 19.1. The monoisotopic (exact) mass is 449 g/mol. The topological polar surface area (TPSA) is 64.3 Å². The Bertz CT molecular complexity index is 1280. The van der Waals surface area contributed by atoms with Gasteiger partial charge in [-0.15, -0.1) is 0 Å². The molecule has 9 heteroatoms. The van der Waals surface area contributed by atoms with E-state index in [1.807, 2.05) is 4.90 Å². The van der Waals surface area contributed by atoms with Crippen molar-refractivity contribution >= 4 is 17.3 Å². The van der Waals surface area contributed by atoms with Gasteiger partial charge in [0.25, 0.3) is 5.91 Å². The van der Waals surface area contributed by atoms with Gasteiger partial charge in [0.2, 0.25) is 0 Å².